The van der Waals surface area contributed by atoms with Gasteiger partial charge in [0.05, 0.1) is 12.6 Å². The third kappa shape index (κ3) is 3.43. The number of hydrogen-bond acceptors (Lipinski definition) is 8. The third-order valence-electron chi connectivity index (χ3n) is 6.03. The molecular formula is C25H21N7O2. The molecule has 0 saturated carbocycles. The van der Waals surface area contributed by atoms with Gasteiger partial charge in [0.15, 0.2) is 11.5 Å². The minimum Gasteiger partial charge on any atom is -0.497 e. The molecule has 1 fully saturated rings. The minimum atomic E-state index is -0.384. The van der Waals surface area contributed by atoms with E-state index in [1.165, 1.54) is 11.8 Å². The molecular weight excluding hydrogens is 430 g/mol. The molecule has 0 unspecified atom stereocenters. The second-order valence-electron chi connectivity index (χ2n) is 8.10. The fourth-order valence-corrected chi connectivity index (χ4v) is 4.14. The van der Waals surface area contributed by atoms with E-state index in [1.54, 1.807) is 29.8 Å². The van der Waals surface area contributed by atoms with Crippen molar-refractivity contribution in [1.82, 2.24) is 29.9 Å². The van der Waals surface area contributed by atoms with Crippen LogP contribution in [0.2, 0.25) is 0 Å². The van der Waals surface area contributed by atoms with Gasteiger partial charge in [0.25, 0.3) is 5.56 Å². The van der Waals surface area contributed by atoms with Gasteiger partial charge in [-0.05, 0) is 48.0 Å². The molecule has 9 nitrogen and oxygen atoms in total. The summed E-state index contributed by atoms with van der Waals surface area (Å²) in [4.78, 5) is 26.1. The highest BCUT2D eigenvalue weighted by Crippen LogP contribution is 2.32. The Morgan fingerprint density at radius 3 is 2.65 bits per heavy atom. The fourth-order valence-electron chi connectivity index (χ4n) is 4.14. The molecule has 0 radical (unpaired) electrons. The van der Waals surface area contributed by atoms with Gasteiger partial charge >= 0.3 is 0 Å². The van der Waals surface area contributed by atoms with Crippen molar-refractivity contribution in [3.8, 4) is 17.1 Å². The molecule has 2 aromatic carbocycles. The van der Waals surface area contributed by atoms with Crippen molar-refractivity contribution in [3.05, 3.63) is 82.8 Å². The first-order chi connectivity index (χ1) is 16.7. The predicted octanol–water partition coefficient (Wildman–Crippen LogP) is 3.14. The Balaban J connectivity index is 1.59. The Morgan fingerprint density at radius 1 is 1.03 bits per heavy atom. The molecule has 3 aromatic heterocycles. The Hall–Kier alpha value is -4.37. The Kier molecular flexibility index (Phi) is 4.88. The summed E-state index contributed by atoms with van der Waals surface area (Å²) >= 11 is 0. The zero-order valence-corrected chi connectivity index (χ0v) is 18.4. The van der Waals surface area contributed by atoms with Crippen LogP contribution in [0.4, 0.5) is 11.6 Å². The van der Waals surface area contributed by atoms with Crippen LogP contribution in [-0.4, -0.2) is 44.8 Å². The summed E-state index contributed by atoms with van der Waals surface area (Å²) in [5, 5.41) is 12.2. The molecule has 0 bridgehead atoms. The van der Waals surface area contributed by atoms with E-state index in [2.05, 4.69) is 21.7 Å². The van der Waals surface area contributed by atoms with E-state index < -0.39 is 0 Å². The highest BCUT2D eigenvalue weighted by Gasteiger charge is 2.24. The number of anilines is 2. The summed E-state index contributed by atoms with van der Waals surface area (Å²) in [6.07, 6.45) is 1.47. The Morgan fingerprint density at radius 2 is 1.88 bits per heavy atom. The molecule has 168 valence electrons. The van der Waals surface area contributed by atoms with Crippen molar-refractivity contribution in [2.24, 2.45) is 0 Å². The summed E-state index contributed by atoms with van der Waals surface area (Å²) in [5.41, 5.74) is 3.43. The van der Waals surface area contributed by atoms with Crippen molar-refractivity contribution in [2.75, 3.05) is 25.5 Å². The molecule has 0 atom stereocenters. The number of nitrogens with zero attached hydrogens (tertiary/aromatic N) is 5. The molecule has 2 N–H and O–H groups in total. The number of rotatable bonds is 5. The molecule has 1 aliphatic heterocycles. The molecule has 0 aliphatic carbocycles. The fraction of sp³-hybridized carbons (Fsp3) is 0.160. The lowest BCUT2D eigenvalue weighted by Crippen LogP contribution is -2.40. The number of benzene rings is 2. The van der Waals surface area contributed by atoms with Gasteiger partial charge in [-0.15, -0.1) is 5.10 Å². The zero-order chi connectivity index (χ0) is 23.1. The van der Waals surface area contributed by atoms with Gasteiger partial charge in [0.2, 0.25) is 5.95 Å². The number of methoxy groups -OCH3 is 1. The number of ether oxygens (including phenoxy) is 1. The summed E-state index contributed by atoms with van der Waals surface area (Å²) < 4.78 is 6.95. The van der Waals surface area contributed by atoms with E-state index in [0.717, 1.165) is 35.3 Å². The SMILES string of the molecule is COc1ccc(-c2nc3c4c(C5CNC5)cccc4nc(Nc4ccccnc4=O)n3n2)cc1. The average molecular weight is 451 g/mol. The number of nitrogens with one attached hydrogen (secondary N) is 2. The number of fused-ring (bicyclic) bond motifs is 3. The Labute approximate surface area is 194 Å². The van der Waals surface area contributed by atoms with Crippen LogP contribution < -0.4 is 20.9 Å². The molecule has 9 heteroatoms. The molecule has 1 aliphatic rings. The highest BCUT2D eigenvalue weighted by atomic mass is 16.5. The van der Waals surface area contributed by atoms with Gasteiger partial charge in [-0.2, -0.15) is 4.52 Å². The third-order valence-corrected chi connectivity index (χ3v) is 6.03. The van der Waals surface area contributed by atoms with Crippen molar-refractivity contribution in [3.63, 3.8) is 0 Å². The molecule has 34 heavy (non-hydrogen) atoms. The van der Waals surface area contributed by atoms with Gasteiger partial charge in [-0.1, -0.05) is 18.2 Å². The van der Waals surface area contributed by atoms with Gasteiger partial charge in [-0.3, -0.25) is 4.79 Å². The second-order valence-corrected chi connectivity index (χ2v) is 8.10. The van der Waals surface area contributed by atoms with Gasteiger partial charge < -0.3 is 15.4 Å². The number of hydrogen-bond donors (Lipinski definition) is 2. The Bertz CT molecular complexity index is 1580. The monoisotopic (exact) mass is 451 g/mol. The van der Waals surface area contributed by atoms with E-state index in [0.29, 0.717) is 29.0 Å². The van der Waals surface area contributed by atoms with Gasteiger partial charge in [0.1, 0.15) is 11.4 Å². The van der Waals surface area contributed by atoms with E-state index in [4.69, 9.17) is 19.8 Å². The number of aromatic nitrogens is 5. The quantitative estimate of drug-likeness (QED) is 0.420. The van der Waals surface area contributed by atoms with E-state index in [1.807, 2.05) is 36.4 Å². The normalized spacial score (nSPS) is 13.7. The van der Waals surface area contributed by atoms with Gasteiger partial charge in [-0.25, -0.2) is 15.0 Å². The van der Waals surface area contributed by atoms with Crippen LogP contribution in [0.15, 0.2) is 71.7 Å². The van der Waals surface area contributed by atoms with Crippen LogP contribution in [0.25, 0.3) is 27.9 Å². The van der Waals surface area contributed by atoms with E-state index in [-0.39, 0.29) is 5.56 Å². The van der Waals surface area contributed by atoms with Crippen LogP contribution in [0.5, 0.6) is 5.75 Å². The van der Waals surface area contributed by atoms with Crippen molar-refractivity contribution < 1.29 is 4.74 Å². The summed E-state index contributed by atoms with van der Waals surface area (Å²) in [7, 11) is 1.63. The molecule has 0 amide bonds. The van der Waals surface area contributed by atoms with Gasteiger partial charge in [0, 0.05) is 36.2 Å². The maximum absolute atomic E-state index is 12.4. The standard InChI is InChI=1S/C25H21N7O2/c1-34-17-10-8-15(9-11-17)22-30-23-21-18(16-13-26-14-16)5-4-7-19(21)28-25(32(23)31-22)29-20-6-2-3-12-27-24(20)33/h2-12,16,26H,13-14H2,1H3,(H,27,28,29,33). The lowest BCUT2D eigenvalue weighted by Gasteiger charge is -2.28. The van der Waals surface area contributed by atoms with E-state index >= 15 is 0 Å². The summed E-state index contributed by atoms with van der Waals surface area (Å²) in [6.45, 7) is 1.83. The largest absolute Gasteiger partial charge is 0.497 e. The summed E-state index contributed by atoms with van der Waals surface area (Å²) in [5.74, 6) is 2.10. The van der Waals surface area contributed by atoms with Crippen molar-refractivity contribution >= 4 is 28.2 Å². The molecule has 1 saturated heterocycles. The minimum absolute atomic E-state index is 0.305. The maximum Gasteiger partial charge on any atom is 0.293 e. The molecule has 5 aromatic rings. The predicted molar refractivity (Wildman–Crippen MR) is 130 cm³/mol. The van der Waals surface area contributed by atoms with Crippen LogP contribution in [-0.2, 0) is 0 Å². The van der Waals surface area contributed by atoms with Crippen molar-refractivity contribution in [2.45, 2.75) is 5.92 Å². The van der Waals surface area contributed by atoms with Crippen LogP contribution in [0, 0.1) is 0 Å². The molecule has 0 spiro atoms. The second kappa shape index (κ2) is 8.20. The first kappa shape index (κ1) is 20.3. The maximum atomic E-state index is 12.4. The van der Waals surface area contributed by atoms with Crippen LogP contribution >= 0.6 is 0 Å². The lowest BCUT2D eigenvalue weighted by molar-refractivity contribution is 0.415. The van der Waals surface area contributed by atoms with Crippen LogP contribution in [0.1, 0.15) is 11.5 Å². The van der Waals surface area contributed by atoms with E-state index in [9.17, 15) is 4.79 Å². The van der Waals surface area contributed by atoms with Crippen molar-refractivity contribution in [1.29, 1.82) is 0 Å². The first-order valence-corrected chi connectivity index (χ1v) is 11.0. The first-order valence-electron chi connectivity index (χ1n) is 11.0. The summed E-state index contributed by atoms with van der Waals surface area (Å²) in [6, 6.07) is 18.8. The zero-order valence-electron chi connectivity index (χ0n) is 18.4. The van der Waals surface area contributed by atoms with Crippen LogP contribution in [0.3, 0.4) is 0 Å². The molecule has 6 rings (SSSR count). The lowest BCUT2D eigenvalue weighted by atomic mass is 9.91. The average Bonchev–Trinajstić information content (AvgIpc) is 3.18. The highest BCUT2D eigenvalue weighted by molar-refractivity contribution is 5.96. The smallest absolute Gasteiger partial charge is 0.293 e. The molecule has 4 heterocycles. The topological polar surface area (TPSA) is 106 Å².